The Morgan fingerprint density at radius 3 is 2.94 bits per heavy atom. The highest BCUT2D eigenvalue weighted by molar-refractivity contribution is 7.15. The Kier molecular flexibility index (Phi) is 2.18. The lowest BCUT2D eigenvalue weighted by Gasteiger charge is -1.98. The largest absolute Gasteiger partial charge is 0.245 e. The van der Waals surface area contributed by atoms with Crippen LogP contribution >= 0.6 is 11.3 Å². The molecule has 2 nitrogen and oxygen atoms in total. The molecule has 0 fully saturated rings. The van der Waals surface area contributed by atoms with E-state index >= 15 is 0 Å². The third-order valence-electron chi connectivity index (χ3n) is 2.57. The molecule has 0 aliphatic carbocycles. The van der Waals surface area contributed by atoms with Gasteiger partial charge in [-0.05, 0) is 23.8 Å². The van der Waals surface area contributed by atoms with Gasteiger partial charge < -0.3 is 0 Å². The van der Waals surface area contributed by atoms with E-state index < -0.39 is 0 Å². The maximum Gasteiger partial charge on any atom is 0.116 e. The van der Waals surface area contributed by atoms with Crippen LogP contribution in [-0.4, -0.2) is 9.97 Å². The van der Waals surface area contributed by atoms with Gasteiger partial charge in [-0.2, -0.15) is 0 Å². The van der Waals surface area contributed by atoms with Crippen molar-refractivity contribution in [3.05, 3.63) is 47.7 Å². The van der Waals surface area contributed by atoms with Gasteiger partial charge in [-0.15, -0.1) is 11.3 Å². The molecule has 2 aromatic heterocycles. The molecule has 2 heterocycles. The summed E-state index contributed by atoms with van der Waals surface area (Å²) < 4.78 is 0. The molecule has 78 valence electrons. The van der Waals surface area contributed by atoms with Crippen LogP contribution in [0.2, 0.25) is 0 Å². The van der Waals surface area contributed by atoms with Crippen LogP contribution in [0.5, 0.6) is 0 Å². The van der Waals surface area contributed by atoms with Crippen molar-refractivity contribution in [1.82, 2.24) is 9.97 Å². The van der Waals surface area contributed by atoms with E-state index in [1.807, 2.05) is 6.07 Å². The lowest BCUT2D eigenvalue weighted by Crippen LogP contribution is -1.81. The second-order valence-corrected chi connectivity index (χ2v) is 4.63. The zero-order chi connectivity index (χ0) is 11.0. The monoisotopic (exact) mass is 226 g/mol. The fraction of sp³-hybridized carbons (Fsp3) is 0.0769. The second kappa shape index (κ2) is 3.68. The van der Waals surface area contributed by atoms with E-state index in [1.54, 1.807) is 23.9 Å². The zero-order valence-electron chi connectivity index (χ0n) is 8.84. The summed E-state index contributed by atoms with van der Waals surface area (Å²) in [4.78, 5) is 9.46. The van der Waals surface area contributed by atoms with E-state index in [2.05, 4.69) is 40.5 Å². The highest BCUT2D eigenvalue weighted by Gasteiger charge is 2.07. The molecular formula is C13H10N2S. The summed E-state index contributed by atoms with van der Waals surface area (Å²) >= 11 is 1.73. The van der Waals surface area contributed by atoms with Crippen LogP contribution in [0.15, 0.2) is 42.2 Å². The summed E-state index contributed by atoms with van der Waals surface area (Å²) in [6.45, 7) is 2.11. The quantitative estimate of drug-likeness (QED) is 0.632. The third-order valence-corrected chi connectivity index (χ3v) is 3.61. The van der Waals surface area contributed by atoms with Crippen molar-refractivity contribution in [2.75, 3.05) is 0 Å². The Hall–Kier alpha value is -1.74. The van der Waals surface area contributed by atoms with Crippen molar-refractivity contribution in [1.29, 1.82) is 0 Å². The number of benzene rings is 1. The normalized spacial score (nSPS) is 10.8. The number of thiophene rings is 1. The molecule has 0 spiro atoms. The number of nitrogens with zero attached hydrogens (tertiary/aromatic N) is 2. The minimum Gasteiger partial charge on any atom is -0.245 e. The third kappa shape index (κ3) is 1.49. The summed E-state index contributed by atoms with van der Waals surface area (Å²) in [5.41, 5.74) is 2.29. The van der Waals surface area contributed by atoms with Gasteiger partial charge in [0.25, 0.3) is 0 Å². The predicted octanol–water partition coefficient (Wildman–Crippen LogP) is 3.67. The Balaban J connectivity index is 2.26. The fourth-order valence-corrected chi connectivity index (χ4v) is 2.79. The standard InChI is InChI=1S/C13H10N2S/c1-9-2-3-11-10(6-9)7-16-13(11)12-4-5-14-8-15-12/h2-8H,1H3. The maximum absolute atomic E-state index is 4.29. The summed E-state index contributed by atoms with van der Waals surface area (Å²) in [6, 6.07) is 8.46. The van der Waals surface area contributed by atoms with Crippen molar-refractivity contribution in [3.63, 3.8) is 0 Å². The molecule has 3 heteroatoms. The first-order chi connectivity index (χ1) is 7.84. The molecule has 0 N–H and O–H groups in total. The molecule has 0 bridgehead atoms. The Bertz CT molecular complexity index is 629. The first kappa shape index (κ1) is 9.48. The van der Waals surface area contributed by atoms with Crippen LogP contribution in [-0.2, 0) is 0 Å². The molecular weight excluding hydrogens is 216 g/mol. The topological polar surface area (TPSA) is 25.8 Å². The molecule has 0 amide bonds. The smallest absolute Gasteiger partial charge is 0.116 e. The zero-order valence-corrected chi connectivity index (χ0v) is 9.66. The highest BCUT2D eigenvalue weighted by Crippen LogP contribution is 2.33. The molecule has 0 saturated carbocycles. The number of hydrogen-bond acceptors (Lipinski definition) is 3. The van der Waals surface area contributed by atoms with Gasteiger partial charge in [0.2, 0.25) is 0 Å². The summed E-state index contributed by atoms with van der Waals surface area (Å²) in [7, 11) is 0. The van der Waals surface area contributed by atoms with Crippen molar-refractivity contribution in [3.8, 4) is 10.6 Å². The fourth-order valence-electron chi connectivity index (χ4n) is 1.80. The minimum atomic E-state index is 0.999. The van der Waals surface area contributed by atoms with Crippen LogP contribution in [0.25, 0.3) is 21.3 Å². The number of aryl methyl sites for hydroxylation is 1. The van der Waals surface area contributed by atoms with Crippen LogP contribution in [0.4, 0.5) is 0 Å². The summed E-state index contributed by atoms with van der Waals surface area (Å²) in [6.07, 6.45) is 3.37. The molecule has 0 unspecified atom stereocenters. The molecule has 0 aliphatic heterocycles. The number of rotatable bonds is 1. The second-order valence-electron chi connectivity index (χ2n) is 3.75. The molecule has 0 aliphatic rings. The highest BCUT2D eigenvalue weighted by atomic mass is 32.1. The number of aromatic nitrogens is 2. The van der Waals surface area contributed by atoms with Gasteiger partial charge >= 0.3 is 0 Å². The Labute approximate surface area is 97.6 Å². The van der Waals surface area contributed by atoms with E-state index in [1.165, 1.54) is 21.2 Å². The molecule has 1 aromatic carbocycles. The van der Waals surface area contributed by atoms with Crippen LogP contribution in [0.1, 0.15) is 5.56 Å². The maximum atomic E-state index is 4.29. The first-order valence-corrected chi connectivity index (χ1v) is 5.97. The summed E-state index contributed by atoms with van der Waals surface area (Å²) in [5.74, 6) is 0. The van der Waals surface area contributed by atoms with E-state index in [-0.39, 0.29) is 0 Å². The van der Waals surface area contributed by atoms with Gasteiger partial charge in [-0.25, -0.2) is 9.97 Å². The number of hydrogen-bond donors (Lipinski definition) is 0. The average Bonchev–Trinajstić information content (AvgIpc) is 2.73. The predicted molar refractivity (Wildman–Crippen MR) is 67.6 cm³/mol. The van der Waals surface area contributed by atoms with E-state index in [9.17, 15) is 0 Å². The molecule has 16 heavy (non-hydrogen) atoms. The van der Waals surface area contributed by atoms with E-state index in [0.717, 1.165) is 5.69 Å². The number of fused-ring (bicyclic) bond motifs is 1. The van der Waals surface area contributed by atoms with Crippen molar-refractivity contribution < 1.29 is 0 Å². The molecule has 0 atom stereocenters. The van der Waals surface area contributed by atoms with Crippen molar-refractivity contribution in [2.24, 2.45) is 0 Å². The van der Waals surface area contributed by atoms with Gasteiger partial charge in [0.05, 0.1) is 10.6 Å². The van der Waals surface area contributed by atoms with Crippen LogP contribution < -0.4 is 0 Å². The van der Waals surface area contributed by atoms with E-state index in [4.69, 9.17) is 0 Å². The lowest BCUT2D eigenvalue weighted by atomic mass is 10.1. The van der Waals surface area contributed by atoms with Gasteiger partial charge in [0.15, 0.2) is 0 Å². The van der Waals surface area contributed by atoms with Crippen molar-refractivity contribution >= 4 is 22.1 Å². The lowest BCUT2D eigenvalue weighted by molar-refractivity contribution is 1.18. The van der Waals surface area contributed by atoms with E-state index in [0.29, 0.717) is 0 Å². The van der Waals surface area contributed by atoms with Gasteiger partial charge in [0.1, 0.15) is 6.33 Å². The molecule has 3 rings (SSSR count). The Morgan fingerprint density at radius 1 is 1.19 bits per heavy atom. The van der Waals surface area contributed by atoms with Crippen LogP contribution in [0, 0.1) is 6.92 Å². The minimum absolute atomic E-state index is 0.999. The van der Waals surface area contributed by atoms with Crippen LogP contribution in [0.3, 0.4) is 0 Å². The molecule has 0 radical (unpaired) electrons. The van der Waals surface area contributed by atoms with Gasteiger partial charge in [-0.3, -0.25) is 0 Å². The first-order valence-electron chi connectivity index (χ1n) is 5.09. The Morgan fingerprint density at radius 2 is 2.12 bits per heavy atom. The SMILES string of the molecule is Cc1ccc2c(-c3ccncn3)scc2c1. The average molecular weight is 226 g/mol. The van der Waals surface area contributed by atoms with Gasteiger partial charge in [-0.1, -0.05) is 23.8 Å². The van der Waals surface area contributed by atoms with Gasteiger partial charge in [0, 0.05) is 11.6 Å². The molecule has 0 saturated heterocycles. The summed E-state index contributed by atoms with van der Waals surface area (Å²) in [5, 5.41) is 4.74. The van der Waals surface area contributed by atoms with Crippen molar-refractivity contribution in [2.45, 2.75) is 6.92 Å². The molecule has 3 aromatic rings.